The first-order chi connectivity index (χ1) is 11.6. The van der Waals surface area contributed by atoms with Gasteiger partial charge in [-0.1, -0.05) is 6.07 Å². The number of amides is 1. The molecule has 0 radical (unpaired) electrons. The summed E-state index contributed by atoms with van der Waals surface area (Å²) in [5.41, 5.74) is 3.05. The fourth-order valence-electron chi connectivity index (χ4n) is 3.87. The number of hydrogen-bond donors (Lipinski definition) is 2. The van der Waals surface area contributed by atoms with Gasteiger partial charge in [0, 0.05) is 41.3 Å². The molecular formula is C18H27N3O3S. The van der Waals surface area contributed by atoms with Crippen LogP contribution in [-0.2, 0) is 17.8 Å². The molecule has 1 aliphatic heterocycles. The molecule has 2 aliphatic rings. The first-order valence-corrected chi connectivity index (χ1v) is 9.90. The van der Waals surface area contributed by atoms with Crippen LogP contribution in [0, 0.1) is 12.3 Å². The van der Waals surface area contributed by atoms with Crippen molar-refractivity contribution >= 4 is 17.5 Å². The molecule has 0 bridgehead atoms. The van der Waals surface area contributed by atoms with E-state index in [1.165, 1.54) is 4.90 Å². The van der Waals surface area contributed by atoms with Crippen molar-refractivity contribution < 1.29 is 14.5 Å². The van der Waals surface area contributed by atoms with Gasteiger partial charge < -0.3 is 14.6 Å². The summed E-state index contributed by atoms with van der Waals surface area (Å²) in [6.45, 7) is 8.89. The lowest BCUT2D eigenvalue weighted by Crippen LogP contribution is -2.50. The maximum absolute atomic E-state index is 12.8. The van der Waals surface area contributed by atoms with Gasteiger partial charge in [0.15, 0.2) is 0 Å². The minimum Gasteiger partial charge on any atom is -0.598 e. The standard InChI is InChI=1S/C18H27N3O3S/c1-12-5-6-13-14(19-12)11-18(7-9-21(10-8-18)16(22)23)15(13)20-25(24)17(2,3)4/h5-6,15,20H,7-11H2,1-4H3,(H,22,23)/t15-,25?/m1/s1. The second-order valence-electron chi connectivity index (χ2n) is 8.23. The molecule has 0 aromatic carbocycles. The largest absolute Gasteiger partial charge is 0.598 e. The van der Waals surface area contributed by atoms with Crippen LogP contribution in [0.3, 0.4) is 0 Å². The molecule has 1 unspecified atom stereocenters. The van der Waals surface area contributed by atoms with Crippen LogP contribution in [0.25, 0.3) is 0 Å². The van der Waals surface area contributed by atoms with Crippen LogP contribution in [0.1, 0.15) is 56.6 Å². The van der Waals surface area contributed by atoms with Gasteiger partial charge in [0.2, 0.25) is 0 Å². The summed E-state index contributed by atoms with van der Waals surface area (Å²) in [6.07, 6.45) is 1.47. The molecule has 6 nitrogen and oxygen atoms in total. The molecule has 1 aliphatic carbocycles. The number of aromatic nitrogens is 1. The number of nitrogens with one attached hydrogen (secondary N) is 1. The van der Waals surface area contributed by atoms with Crippen molar-refractivity contribution in [3.63, 3.8) is 0 Å². The van der Waals surface area contributed by atoms with E-state index >= 15 is 0 Å². The van der Waals surface area contributed by atoms with E-state index in [1.807, 2.05) is 33.8 Å². The number of carboxylic acid groups (broad SMARTS) is 1. The smallest absolute Gasteiger partial charge is 0.407 e. The Labute approximate surface area is 152 Å². The molecule has 1 spiro atoms. The van der Waals surface area contributed by atoms with Crippen LogP contribution in [0.5, 0.6) is 0 Å². The van der Waals surface area contributed by atoms with Gasteiger partial charge in [-0.25, -0.2) is 4.79 Å². The van der Waals surface area contributed by atoms with Crippen LogP contribution in [0.2, 0.25) is 0 Å². The third-order valence-electron chi connectivity index (χ3n) is 5.40. The van der Waals surface area contributed by atoms with Crippen molar-refractivity contribution in [2.45, 2.75) is 57.7 Å². The Balaban J connectivity index is 1.90. The molecule has 138 valence electrons. The van der Waals surface area contributed by atoms with Crippen molar-refractivity contribution in [1.82, 2.24) is 14.6 Å². The number of aryl methyl sites for hydroxylation is 1. The zero-order valence-electron chi connectivity index (χ0n) is 15.3. The Hall–Kier alpha value is -1.31. The Morgan fingerprint density at radius 1 is 1.40 bits per heavy atom. The van der Waals surface area contributed by atoms with Gasteiger partial charge in [0.1, 0.15) is 4.75 Å². The number of likely N-dealkylation sites (tertiary alicyclic amines) is 1. The van der Waals surface area contributed by atoms with Gasteiger partial charge in [-0.05, 0) is 58.6 Å². The van der Waals surface area contributed by atoms with E-state index in [4.69, 9.17) is 4.98 Å². The topological polar surface area (TPSA) is 88.5 Å². The predicted octanol–water partition coefficient (Wildman–Crippen LogP) is 2.80. The molecule has 1 amide bonds. The Bertz CT molecular complexity index is 666. The molecule has 3 rings (SSSR count). The molecule has 7 heteroatoms. The van der Waals surface area contributed by atoms with E-state index in [1.54, 1.807) is 0 Å². The van der Waals surface area contributed by atoms with E-state index in [0.717, 1.165) is 36.2 Å². The maximum atomic E-state index is 12.8. The number of rotatable bonds is 2. The zero-order valence-corrected chi connectivity index (χ0v) is 16.2. The average Bonchev–Trinajstić information content (AvgIpc) is 2.79. The van der Waals surface area contributed by atoms with Crippen LogP contribution in [0.15, 0.2) is 12.1 Å². The summed E-state index contributed by atoms with van der Waals surface area (Å²) < 4.78 is 15.8. The highest BCUT2D eigenvalue weighted by atomic mass is 32.2. The van der Waals surface area contributed by atoms with Gasteiger partial charge >= 0.3 is 6.09 Å². The Kier molecular flexibility index (Phi) is 4.77. The summed E-state index contributed by atoms with van der Waals surface area (Å²) in [5.74, 6) is 0. The lowest BCUT2D eigenvalue weighted by atomic mass is 9.73. The minimum absolute atomic E-state index is 0.0494. The molecular weight excluding hydrogens is 338 g/mol. The van der Waals surface area contributed by atoms with Crippen molar-refractivity contribution in [1.29, 1.82) is 0 Å². The Morgan fingerprint density at radius 2 is 2.04 bits per heavy atom. The van der Waals surface area contributed by atoms with Gasteiger partial charge in [0.05, 0.1) is 6.04 Å². The van der Waals surface area contributed by atoms with E-state index in [0.29, 0.717) is 13.1 Å². The van der Waals surface area contributed by atoms with Crippen LogP contribution in [0.4, 0.5) is 4.79 Å². The van der Waals surface area contributed by atoms with Crippen molar-refractivity contribution in [2.24, 2.45) is 5.41 Å². The highest BCUT2D eigenvalue weighted by Gasteiger charge is 2.51. The number of nitrogens with zero attached hydrogens (tertiary/aromatic N) is 2. The summed E-state index contributed by atoms with van der Waals surface area (Å²) in [6, 6.07) is 4.04. The molecule has 1 saturated heterocycles. The molecule has 25 heavy (non-hydrogen) atoms. The van der Waals surface area contributed by atoms with Gasteiger partial charge in [0.25, 0.3) is 0 Å². The molecule has 2 heterocycles. The maximum Gasteiger partial charge on any atom is 0.407 e. The summed E-state index contributed by atoms with van der Waals surface area (Å²) in [4.78, 5) is 17.4. The number of pyridine rings is 1. The number of carbonyl (C=O) groups is 1. The molecule has 1 fully saturated rings. The summed E-state index contributed by atoms with van der Waals surface area (Å²) in [5, 5.41) is 9.25. The van der Waals surface area contributed by atoms with Crippen molar-refractivity contribution in [3.8, 4) is 0 Å². The monoisotopic (exact) mass is 365 g/mol. The van der Waals surface area contributed by atoms with Gasteiger partial charge in [-0.15, -0.1) is 4.72 Å². The third kappa shape index (κ3) is 3.50. The second kappa shape index (κ2) is 6.45. The fourth-order valence-corrected chi connectivity index (χ4v) is 4.82. The number of fused-ring (bicyclic) bond motifs is 1. The zero-order chi connectivity index (χ0) is 18.4. The van der Waals surface area contributed by atoms with E-state index in [-0.39, 0.29) is 16.2 Å². The molecule has 2 N–H and O–H groups in total. The fraction of sp³-hybridized carbons (Fsp3) is 0.667. The third-order valence-corrected chi connectivity index (χ3v) is 6.96. The average molecular weight is 365 g/mol. The van der Waals surface area contributed by atoms with E-state index < -0.39 is 17.5 Å². The number of hydrogen-bond acceptors (Lipinski definition) is 4. The highest BCUT2D eigenvalue weighted by Crippen LogP contribution is 2.52. The van der Waals surface area contributed by atoms with Crippen LogP contribution in [-0.4, -0.2) is 43.5 Å². The lowest BCUT2D eigenvalue weighted by molar-refractivity contribution is 0.0762. The quantitative estimate of drug-likeness (QED) is 0.787. The lowest BCUT2D eigenvalue weighted by Gasteiger charge is -2.42. The van der Waals surface area contributed by atoms with Gasteiger partial charge in [-0.3, -0.25) is 4.98 Å². The van der Waals surface area contributed by atoms with Crippen LogP contribution < -0.4 is 4.72 Å². The Morgan fingerprint density at radius 3 is 2.60 bits per heavy atom. The van der Waals surface area contributed by atoms with Crippen molar-refractivity contribution in [2.75, 3.05) is 13.1 Å². The molecule has 1 aromatic rings. The summed E-state index contributed by atoms with van der Waals surface area (Å²) in [7, 11) is 0. The number of piperidine rings is 1. The van der Waals surface area contributed by atoms with E-state index in [2.05, 4.69) is 10.8 Å². The first-order valence-electron chi connectivity index (χ1n) is 8.75. The van der Waals surface area contributed by atoms with Crippen molar-refractivity contribution in [3.05, 3.63) is 29.1 Å². The van der Waals surface area contributed by atoms with Crippen LogP contribution >= 0.6 is 0 Å². The first kappa shape index (κ1) is 18.5. The SMILES string of the molecule is Cc1ccc2c(n1)CC1(CCN(C(=O)O)CC1)[C@@H]2N[S+]([O-])C(C)(C)C. The normalized spacial score (nSPS) is 23.6. The molecule has 2 atom stereocenters. The van der Waals surface area contributed by atoms with E-state index in [9.17, 15) is 14.5 Å². The highest BCUT2D eigenvalue weighted by molar-refractivity contribution is 7.90. The second-order valence-corrected chi connectivity index (χ2v) is 10.2. The molecule has 0 saturated carbocycles. The summed E-state index contributed by atoms with van der Waals surface area (Å²) >= 11 is -1.19. The predicted molar refractivity (Wildman–Crippen MR) is 97.7 cm³/mol. The van der Waals surface area contributed by atoms with Gasteiger partial charge in [-0.2, -0.15) is 0 Å². The minimum atomic E-state index is -1.19. The molecule has 1 aromatic heterocycles.